The van der Waals surface area contributed by atoms with Crippen LogP contribution in [0.5, 0.6) is 0 Å². The van der Waals surface area contributed by atoms with E-state index in [9.17, 15) is 4.79 Å². The predicted octanol–water partition coefficient (Wildman–Crippen LogP) is 2.03. The first-order chi connectivity index (χ1) is 3.92. The van der Waals surface area contributed by atoms with Gasteiger partial charge in [-0.2, -0.15) is 0 Å². The van der Waals surface area contributed by atoms with Gasteiger partial charge in [-0.15, -0.1) is 0 Å². The summed E-state index contributed by atoms with van der Waals surface area (Å²) in [5.74, 6) is 0. The van der Waals surface area contributed by atoms with Crippen LogP contribution in [0.1, 0.15) is 6.92 Å². The van der Waals surface area contributed by atoms with Gasteiger partial charge >= 0.3 is 0 Å². The maximum absolute atomic E-state index is 10.4. The lowest BCUT2D eigenvalue weighted by atomic mass is 10.9. The Morgan fingerprint density at radius 2 is 1.89 bits per heavy atom. The standard InChI is InChI=1S/C5H12O2SSi/c1-5(6)8-7-9(2,3)4/h1-4H3. The zero-order valence-corrected chi connectivity index (χ0v) is 8.04. The Labute approximate surface area is 61.3 Å². The average Bonchev–Trinajstić information content (AvgIpc) is 1.59. The van der Waals surface area contributed by atoms with Crippen molar-refractivity contribution in [3.63, 3.8) is 0 Å². The number of carbonyl (C=O) groups excluding carboxylic acids is 1. The van der Waals surface area contributed by atoms with Gasteiger partial charge in [-0.1, -0.05) is 0 Å². The molecule has 0 unspecified atom stereocenters. The van der Waals surface area contributed by atoms with E-state index in [4.69, 9.17) is 3.87 Å². The van der Waals surface area contributed by atoms with Gasteiger partial charge in [0.2, 0.25) is 13.4 Å². The normalized spacial score (nSPS) is 11.6. The molecule has 0 atom stereocenters. The fourth-order valence-electron chi connectivity index (χ4n) is 0.184. The molecule has 0 fully saturated rings. The molecule has 0 radical (unpaired) electrons. The molecule has 0 spiro atoms. The molecule has 0 aliphatic rings. The maximum atomic E-state index is 10.4. The van der Waals surface area contributed by atoms with Crippen molar-refractivity contribution in [3.8, 4) is 0 Å². The summed E-state index contributed by atoms with van der Waals surface area (Å²) in [6.45, 7) is 7.64. The van der Waals surface area contributed by atoms with Crippen LogP contribution in [0.2, 0.25) is 19.6 Å². The molecular weight excluding hydrogens is 152 g/mol. The molecule has 0 amide bonds. The van der Waals surface area contributed by atoms with E-state index in [-0.39, 0.29) is 5.12 Å². The van der Waals surface area contributed by atoms with E-state index >= 15 is 0 Å². The molecule has 0 saturated heterocycles. The minimum Gasteiger partial charge on any atom is -0.352 e. The van der Waals surface area contributed by atoms with Gasteiger partial charge in [0.15, 0.2) is 0 Å². The van der Waals surface area contributed by atoms with Crippen molar-refractivity contribution in [1.29, 1.82) is 0 Å². The second-order valence-electron chi connectivity index (χ2n) is 2.77. The molecule has 0 saturated carbocycles. The third-order valence-electron chi connectivity index (χ3n) is 0.409. The summed E-state index contributed by atoms with van der Waals surface area (Å²) < 4.78 is 5.20. The quantitative estimate of drug-likeness (QED) is 0.461. The molecule has 0 aliphatic heterocycles. The monoisotopic (exact) mass is 164 g/mol. The average molecular weight is 164 g/mol. The van der Waals surface area contributed by atoms with Crippen LogP contribution >= 0.6 is 12.0 Å². The van der Waals surface area contributed by atoms with Crippen molar-refractivity contribution in [2.75, 3.05) is 0 Å². The van der Waals surface area contributed by atoms with Crippen LogP contribution in [0.3, 0.4) is 0 Å². The molecule has 0 aliphatic carbocycles. The largest absolute Gasteiger partial charge is 0.352 e. The summed E-state index contributed by atoms with van der Waals surface area (Å²) in [5.41, 5.74) is 0. The number of hydrogen-bond donors (Lipinski definition) is 0. The lowest BCUT2D eigenvalue weighted by Crippen LogP contribution is -2.21. The minimum atomic E-state index is -1.48. The molecule has 0 aromatic heterocycles. The van der Waals surface area contributed by atoms with E-state index in [1.54, 1.807) is 0 Å². The Morgan fingerprint density at radius 1 is 1.44 bits per heavy atom. The first kappa shape index (κ1) is 9.20. The van der Waals surface area contributed by atoms with E-state index < -0.39 is 8.32 Å². The Morgan fingerprint density at radius 3 is 2.00 bits per heavy atom. The lowest BCUT2D eigenvalue weighted by Gasteiger charge is -2.12. The lowest BCUT2D eigenvalue weighted by molar-refractivity contribution is -0.109. The molecule has 9 heavy (non-hydrogen) atoms. The van der Waals surface area contributed by atoms with Crippen molar-refractivity contribution in [2.45, 2.75) is 26.6 Å². The topological polar surface area (TPSA) is 26.3 Å². The third-order valence-corrected chi connectivity index (χ3v) is 2.98. The van der Waals surface area contributed by atoms with E-state index in [1.807, 2.05) is 19.6 Å². The number of hydrogen-bond acceptors (Lipinski definition) is 3. The van der Waals surface area contributed by atoms with Crippen LogP contribution < -0.4 is 0 Å². The van der Waals surface area contributed by atoms with Gasteiger partial charge in [-0.05, 0) is 19.6 Å². The van der Waals surface area contributed by atoms with Crippen LogP contribution in [0.15, 0.2) is 0 Å². The van der Waals surface area contributed by atoms with Gasteiger partial charge < -0.3 is 3.87 Å². The van der Waals surface area contributed by atoms with Crippen molar-refractivity contribution in [2.24, 2.45) is 0 Å². The highest BCUT2D eigenvalue weighted by atomic mass is 32.2. The SMILES string of the molecule is CC(=O)SO[Si](C)(C)C. The van der Waals surface area contributed by atoms with Gasteiger partial charge in [0.05, 0.1) is 12.0 Å². The van der Waals surface area contributed by atoms with Gasteiger partial charge in [0, 0.05) is 6.92 Å². The molecule has 54 valence electrons. The first-order valence-corrected chi connectivity index (χ1v) is 6.93. The molecule has 0 aromatic rings. The second kappa shape index (κ2) is 3.39. The summed E-state index contributed by atoms with van der Waals surface area (Å²) in [6.07, 6.45) is 0. The highest BCUT2D eigenvalue weighted by molar-refractivity contribution is 8.10. The smallest absolute Gasteiger partial charge is 0.211 e. The van der Waals surface area contributed by atoms with Crippen molar-refractivity contribution < 1.29 is 8.67 Å². The molecule has 0 rings (SSSR count). The van der Waals surface area contributed by atoms with Gasteiger partial charge in [-0.3, -0.25) is 4.79 Å². The van der Waals surface area contributed by atoms with Crippen molar-refractivity contribution in [1.82, 2.24) is 0 Å². The molecule has 0 bridgehead atoms. The summed E-state index contributed by atoms with van der Waals surface area (Å²) >= 11 is 0.961. The summed E-state index contributed by atoms with van der Waals surface area (Å²) in [6, 6.07) is 0. The van der Waals surface area contributed by atoms with Crippen LogP contribution in [0.25, 0.3) is 0 Å². The molecule has 0 heterocycles. The number of rotatable bonds is 2. The zero-order valence-electron chi connectivity index (χ0n) is 6.22. The molecule has 0 N–H and O–H groups in total. The van der Waals surface area contributed by atoms with Gasteiger partial charge in [0.25, 0.3) is 0 Å². The van der Waals surface area contributed by atoms with Crippen LogP contribution in [0, 0.1) is 0 Å². The highest BCUT2D eigenvalue weighted by Crippen LogP contribution is 2.13. The van der Waals surface area contributed by atoms with Crippen molar-refractivity contribution in [3.05, 3.63) is 0 Å². The fraction of sp³-hybridized carbons (Fsp3) is 0.800. The minimum absolute atomic E-state index is 0.0254. The van der Waals surface area contributed by atoms with E-state index in [2.05, 4.69) is 0 Å². The van der Waals surface area contributed by atoms with Gasteiger partial charge in [-0.25, -0.2) is 0 Å². The van der Waals surface area contributed by atoms with Crippen molar-refractivity contribution >= 4 is 25.5 Å². The Balaban J connectivity index is 3.39. The third kappa shape index (κ3) is 8.20. The zero-order chi connectivity index (χ0) is 7.49. The summed E-state index contributed by atoms with van der Waals surface area (Å²) in [4.78, 5) is 10.4. The fourth-order valence-corrected chi connectivity index (χ4v) is 1.65. The predicted molar refractivity (Wildman–Crippen MR) is 42.7 cm³/mol. The number of carbonyl (C=O) groups is 1. The molecular formula is C5H12O2SSi. The molecule has 2 nitrogen and oxygen atoms in total. The van der Waals surface area contributed by atoms with E-state index in [1.165, 1.54) is 6.92 Å². The highest BCUT2D eigenvalue weighted by Gasteiger charge is 2.15. The van der Waals surface area contributed by atoms with Crippen LogP contribution in [-0.2, 0) is 8.67 Å². The Bertz CT molecular complexity index is 108. The maximum Gasteiger partial charge on any atom is 0.211 e. The van der Waals surface area contributed by atoms with Crippen LogP contribution in [0.4, 0.5) is 0 Å². The van der Waals surface area contributed by atoms with E-state index in [0.29, 0.717) is 0 Å². The Hall–Kier alpha value is 0.197. The Kier molecular flexibility index (Phi) is 3.46. The summed E-state index contributed by atoms with van der Waals surface area (Å²) in [7, 11) is -1.48. The van der Waals surface area contributed by atoms with Crippen LogP contribution in [-0.4, -0.2) is 13.4 Å². The first-order valence-electron chi connectivity index (χ1n) is 2.78. The molecule has 0 aromatic carbocycles. The second-order valence-corrected chi connectivity index (χ2v) is 8.40. The summed E-state index contributed by atoms with van der Waals surface area (Å²) in [5, 5.41) is 0.0254. The van der Waals surface area contributed by atoms with E-state index in [0.717, 1.165) is 12.0 Å². The molecule has 4 heteroatoms. The van der Waals surface area contributed by atoms with Gasteiger partial charge in [0.1, 0.15) is 0 Å².